The van der Waals surface area contributed by atoms with Gasteiger partial charge in [-0.1, -0.05) is 0 Å². The summed E-state index contributed by atoms with van der Waals surface area (Å²) >= 11 is 3.15. The summed E-state index contributed by atoms with van der Waals surface area (Å²) in [5, 5.41) is 11.5. The molecule has 0 fully saturated rings. The number of hydrogen-bond acceptors (Lipinski definition) is 7. The van der Waals surface area contributed by atoms with Gasteiger partial charge in [-0.3, -0.25) is 4.79 Å². The summed E-state index contributed by atoms with van der Waals surface area (Å²) in [4.78, 5) is 18.6. The maximum absolute atomic E-state index is 13.7. The molecule has 166 valence electrons. The molecule has 1 aliphatic heterocycles. The van der Waals surface area contributed by atoms with E-state index >= 15 is 0 Å². The molecule has 6 nitrogen and oxygen atoms in total. The van der Waals surface area contributed by atoms with Crippen LogP contribution in [0.5, 0.6) is 0 Å². The largest absolute Gasteiger partial charge is 0.383 e. The van der Waals surface area contributed by atoms with Gasteiger partial charge in [0, 0.05) is 55.2 Å². The molecule has 0 aliphatic carbocycles. The van der Waals surface area contributed by atoms with Crippen molar-refractivity contribution in [1.29, 1.82) is 0 Å². The number of ether oxygens (including phenoxy) is 1. The molecule has 1 aliphatic rings. The number of rotatable bonds is 8. The normalized spacial score (nSPS) is 18.3. The van der Waals surface area contributed by atoms with Crippen LogP contribution in [0.1, 0.15) is 36.8 Å². The van der Waals surface area contributed by atoms with Gasteiger partial charge in [0.1, 0.15) is 15.8 Å². The van der Waals surface area contributed by atoms with Gasteiger partial charge in [-0.2, -0.15) is 0 Å². The van der Waals surface area contributed by atoms with E-state index in [1.54, 1.807) is 24.5 Å². The van der Waals surface area contributed by atoms with Crippen LogP contribution >= 0.6 is 22.7 Å². The van der Waals surface area contributed by atoms with Gasteiger partial charge < -0.3 is 20.7 Å². The number of halogens is 1. The van der Waals surface area contributed by atoms with Crippen LogP contribution in [0, 0.1) is 5.82 Å². The van der Waals surface area contributed by atoms with Gasteiger partial charge in [0.2, 0.25) is 5.91 Å². The van der Waals surface area contributed by atoms with E-state index in [2.05, 4.69) is 29.8 Å². The molecule has 0 spiro atoms. The Morgan fingerprint density at radius 3 is 2.97 bits per heavy atom. The molecule has 2 atom stereocenters. The van der Waals surface area contributed by atoms with Crippen LogP contribution in [0.4, 0.5) is 9.39 Å². The lowest BCUT2D eigenvalue weighted by molar-refractivity contribution is -0.116. The first-order valence-corrected chi connectivity index (χ1v) is 12.1. The van der Waals surface area contributed by atoms with Gasteiger partial charge in [-0.15, -0.1) is 22.7 Å². The van der Waals surface area contributed by atoms with Gasteiger partial charge in [0.05, 0.1) is 16.8 Å². The number of hydrogen-bond donors (Lipinski definition) is 3. The molecule has 31 heavy (non-hydrogen) atoms. The summed E-state index contributed by atoms with van der Waals surface area (Å²) < 4.78 is 19.6. The van der Waals surface area contributed by atoms with Gasteiger partial charge in [0.25, 0.3) is 0 Å². The summed E-state index contributed by atoms with van der Waals surface area (Å²) in [6.07, 6.45) is 1.24. The molecule has 0 unspecified atom stereocenters. The number of anilines is 1. The van der Waals surface area contributed by atoms with Crippen molar-refractivity contribution >= 4 is 43.8 Å². The second-order valence-corrected chi connectivity index (χ2v) is 9.90. The van der Waals surface area contributed by atoms with Crippen LogP contribution in [0.25, 0.3) is 20.8 Å². The zero-order valence-electron chi connectivity index (χ0n) is 17.9. The van der Waals surface area contributed by atoms with Crippen molar-refractivity contribution in [3.63, 3.8) is 0 Å². The number of benzene rings is 1. The maximum Gasteiger partial charge on any atom is 0.226 e. The number of aromatic nitrogens is 1. The van der Waals surface area contributed by atoms with E-state index in [1.807, 2.05) is 0 Å². The lowest BCUT2D eigenvalue weighted by Crippen LogP contribution is -2.35. The van der Waals surface area contributed by atoms with Crippen LogP contribution in [-0.2, 0) is 16.0 Å². The average Bonchev–Trinajstić information content (AvgIpc) is 3.28. The quantitative estimate of drug-likeness (QED) is 0.435. The fraction of sp³-hybridized carbons (Fsp3) is 0.455. The Morgan fingerprint density at radius 1 is 1.32 bits per heavy atom. The minimum atomic E-state index is -0.294. The van der Waals surface area contributed by atoms with E-state index in [1.165, 1.54) is 33.9 Å². The Kier molecular flexibility index (Phi) is 6.98. The van der Waals surface area contributed by atoms with Crippen molar-refractivity contribution < 1.29 is 13.9 Å². The number of fused-ring (bicyclic) bond motifs is 2. The Hall–Kier alpha value is -1.91. The molecule has 3 N–H and O–H groups in total. The maximum atomic E-state index is 13.7. The molecule has 9 heteroatoms. The molecule has 0 saturated heterocycles. The van der Waals surface area contributed by atoms with Crippen LogP contribution in [0.15, 0.2) is 18.2 Å². The van der Waals surface area contributed by atoms with E-state index in [0.717, 1.165) is 26.7 Å². The smallest absolute Gasteiger partial charge is 0.226 e. The van der Waals surface area contributed by atoms with Crippen LogP contribution in [0.2, 0.25) is 0 Å². The Bertz CT molecular complexity index is 1080. The van der Waals surface area contributed by atoms with Gasteiger partial charge >= 0.3 is 0 Å². The van der Waals surface area contributed by atoms with E-state index in [4.69, 9.17) is 9.72 Å². The first kappa shape index (κ1) is 22.3. The molecular weight excluding hydrogens is 435 g/mol. The summed E-state index contributed by atoms with van der Waals surface area (Å²) in [7, 11) is 1.65. The van der Waals surface area contributed by atoms with Crippen molar-refractivity contribution in [2.75, 3.05) is 32.1 Å². The zero-order valence-corrected chi connectivity index (χ0v) is 19.5. The zero-order chi connectivity index (χ0) is 22.0. The second kappa shape index (κ2) is 9.70. The topological polar surface area (TPSA) is 75.3 Å². The van der Waals surface area contributed by atoms with Crippen molar-refractivity contribution in [2.45, 2.75) is 38.8 Å². The van der Waals surface area contributed by atoms with E-state index in [0.29, 0.717) is 37.7 Å². The predicted molar refractivity (Wildman–Crippen MR) is 126 cm³/mol. The Balaban J connectivity index is 1.65. The third-order valence-electron chi connectivity index (χ3n) is 5.30. The summed E-state index contributed by atoms with van der Waals surface area (Å²) in [6.45, 7) is 6.23. The third-order valence-corrected chi connectivity index (χ3v) is 7.69. The van der Waals surface area contributed by atoms with Crippen molar-refractivity contribution in [3.05, 3.63) is 34.5 Å². The minimum absolute atomic E-state index is 0.0365. The molecule has 1 amide bonds. The van der Waals surface area contributed by atoms with Crippen LogP contribution in [0.3, 0.4) is 0 Å². The first-order valence-electron chi connectivity index (χ1n) is 10.4. The monoisotopic (exact) mass is 462 g/mol. The molecular formula is C22H27FN4O2S2. The Morgan fingerprint density at radius 2 is 2.16 bits per heavy atom. The molecule has 1 aromatic carbocycles. The number of amides is 1. The highest BCUT2D eigenvalue weighted by Crippen LogP contribution is 2.47. The number of methoxy groups -OCH3 is 1. The number of thiazole rings is 1. The lowest BCUT2D eigenvalue weighted by atomic mass is 9.95. The van der Waals surface area contributed by atoms with E-state index in [9.17, 15) is 9.18 Å². The molecule has 3 heterocycles. The molecule has 4 rings (SSSR count). The number of nitrogens with one attached hydrogen (secondary N) is 3. The highest BCUT2D eigenvalue weighted by atomic mass is 32.1. The standard InChI is InChI=1S/C22H27FN4O2S2/c1-12-10-15-19(21-26-16-11-14(23)4-5-17(16)30-21)22(31-20(15)13(2)25-12)27-18(28)6-7-24-8-9-29-3/h4-5,11-13,24-25H,6-10H2,1-3H3,(H,27,28)/t12-,13+/m0/s1. The lowest BCUT2D eigenvalue weighted by Gasteiger charge is -2.26. The average molecular weight is 463 g/mol. The summed E-state index contributed by atoms with van der Waals surface area (Å²) in [5.74, 6) is -0.330. The van der Waals surface area contributed by atoms with Crippen LogP contribution < -0.4 is 16.0 Å². The number of carbonyl (C=O) groups is 1. The molecule has 0 saturated carbocycles. The SMILES string of the molecule is COCCNCCC(=O)Nc1sc2c(c1-c1nc3cc(F)ccc3s1)C[C@H](C)N[C@@H]2C. The van der Waals surface area contributed by atoms with Gasteiger partial charge in [-0.05, 0) is 38.0 Å². The first-order chi connectivity index (χ1) is 15.0. The molecule has 3 aromatic rings. The molecule has 2 aromatic heterocycles. The molecule has 0 radical (unpaired) electrons. The fourth-order valence-electron chi connectivity index (χ4n) is 3.91. The number of thiophene rings is 1. The van der Waals surface area contributed by atoms with E-state index in [-0.39, 0.29) is 17.8 Å². The molecule has 0 bridgehead atoms. The number of carbonyl (C=O) groups excluding carboxylic acids is 1. The van der Waals surface area contributed by atoms with Crippen molar-refractivity contribution in [2.24, 2.45) is 0 Å². The highest BCUT2D eigenvalue weighted by Gasteiger charge is 2.30. The van der Waals surface area contributed by atoms with Crippen LogP contribution in [-0.4, -0.2) is 43.7 Å². The van der Waals surface area contributed by atoms with E-state index < -0.39 is 0 Å². The third kappa shape index (κ3) is 4.96. The minimum Gasteiger partial charge on any atom is -0.383 e. The van der Waals surface area contributed by atoms with Gasteiger partial charge in [0.15, 0.2) is 0 Å². The fourth-order valence-corrected chi connectivity index (χ4v) is 6.26. The van der Waals surface area contributed by atoms with Gasteiger partial charge in [-0.25, -0.2) is 9.37 Å². The Labute approximate surface area is 189 Å². The van der Waals surface area contributed by atoms with Crippen molar-refractivity contribution in [1.82, 2.24) is 15.6 Å². The predicted octanol–water partition coefficient (Wildman–Crippen LogP) is 4.32. The summed E-state index contributed by atoms with van der Waals surface area (Å²) in [6, 6.07) is 5.22. The highest BCUT2D eigenvalue weighted by molar-refractivity contribution is 7.23. The van der Waals surface area contributed by atoms with Crippen molar-refractivity contribution in [3.8, 4) is 10.6 Å². The number of nitrogens with zero attached hydrogens (tertiary/aromatic N) is 1. The second-order valence-electron chi connectivity index (χ2n) is 7.81. The summed E-state index contributed by atoms with van der Waals surface area (Å²) in [5.41, 5.74) is 2.87.